The number of rotatable bonds is 24. The van der Waals surface area contributed by atoms with Gasteiger partial charge >= 0.3 is 41.7 Å². The van der Waals surface area contributed by atoms with Crippen molar-refractivity contribution >= 4 is 23.9 Å². The van der Waals surface area contributed by atoms with Gasteiger partial charge in [0.25, 0.3) is 0 Å². The topological polar surface area (TPSA) is 161 Å². The Bertz CT molecular complexity index is 812. The molecule has 8 nitrogen and oxygen atoms in total. The normalized spacial score (nSPS) is 14.3. The third-order valence-corrected chi connectivity index (χ3v) is 9.57. The summed E-state index contributed by atoms with van der Waals surface area (Å²) in [4.78, 5) is 42.9. The van der Waals surface area contributed by atoms with Gasteiger partial charge in [-0.05, 0) is 44.9 Å². The van der Waals surface area contributed by atoms with Crippen molar-refractivity contribution in [2.75, 3.05) is 0 Å². The van der Waals surface area contributed by atoms with E-state index in [0.717, 1.165) is 109 Å². The number of hydrogen-bond acceptors (Lipinski definition) is 8. The number of carboxylic acid groups (broad SMARTS) is 4. The van der Waals surface area contributed by atoms with E-state index in [1.165, 1.54) is 12.8 Å². The fourth-order valence-corrected chi connectivity index (χ4v) is 5.18. The summed E-state index contributed by atoms with van der Waals surface area (Å²) >= 11 is 0. The molecule has 0 saturated carbocycles. The summed E-state index contributed by atoms with van der Waals surface area (Å²) in [6, 6.07) is 0. The van der Waals surface area contributed by atoms with Crippen LogP contribution in [0.5, 0.6) is 0 Å². The largest absolute Gasteiger partial charge is 4.00 e. The molecule has 3 atom stereocenters. The third kappa shape index (κ3) is 29.5. The molecule has 3 unspecified atom stereocenters. The maximum Gasteiger partial charge on any atom is 4.00 e. The van der Waals surface area contributed by atoms with Gasteiger partial charge in [-0.1, -0.05) is 167 Å². The van der Waals surface area contributed by atoms with E-state index < -0.39 is 45.5 Å². The van der Waals surface area contributed by atoms with E-state index >= 15 is 0 Å². The van der Waals surface area contributed by atoms with Gasteiger partial charge in [-0.3, -0.25) is 0 Å². The van der Waals surface area contributed by atoms with Crippen LogP contribution in [-0.2, 0) is 19.2 Å². The molecule has 0 aromatic rings. The molecule has 0 aliphatic heterocycles. The molecule has 0 radical (unpaired) electrons. The Kier molecular flexibility index (Phi) is 38.9. The average molecular weight is 825 g/mol. The van der Waals surface area contributed by atoms with E-state index in [-0.39, 0.29) is 41.7 Å². The fourth-order valence-electron chi connectivity index (χ4n) is 5.18. The second-order valence-electron chi connectivity index (χ2n) is 15.0. The molecule has 0 N–H and O–H groups in total. The number of carboxylic acids is 4. The minimum atomic E-state index is -0.931. The van der Waals surface area contributed by atoms with Gasteiger partial charge in [0, 0.05) is 45.5 Å². The van der Waals surface area contributed by atoms with E-state index in [9.17, 15) is 39.6 Å². The van der Waals surface area contributed by atoms with E-state index in [4.69, 9.17) is 0 Å². The van der Waals surface area contributed by atoms with Crippen LogP contribution in [0.3, 0.4) is 0 Å². The molecule has 0 aliphatic carbocycles. The molecule has 0 heterocycles. The second-order valence-corrected chi connectivity index (χ2v) is 15.0. The SMILES string of the molecule is CCCCC(C)(CCC)C(=O)[O-].CCCCC(C)(CCC)C(=O)[O-].CCCCCC(C)(CC)C(=O)[O-].CCCCCCC(C)(C)C(=O)[O-].[Ce+4]. The molecule has 49 heavy (non-hydrogen) atoms. The van der Waals surface area contributed by atoms with Crippen molar-refractivity contribution in [1.82, 2.24) is 0 Å². The Morgan fingerprint density at radius 1 is 0.367 bits per heavy atom. The Morgan fingerprint density at radius 3 is 0.939 bits per heavy atom. The molecular formula is C40H76CeO8. The summed E-state index contributed by atoms with van der Waals surface area (Å²) in [7, 11) is 0. The molecule has 0 aromatic heterocycles. The van der Waals surface area contributed by atoms with Gasteiger partial charge in [0.2, 0.25) is 0 Å². The molecule has 9 heteroatoms. The van der Waals surface area contributed by atoms with Crippen LogP contribution in [0, 0.1) is 63.4 Å². The van der Waals surface area contributed by atoms with Gasteiger partial charge in [0.15, 0.2) is 0 Å². The van der Waals surface area contributed by atoms with Crippen LogP contribution in [-0.4, -0.2) is 23.9 Å². The molecule has 0 rings (SSSR count). The number of carbonyl (C=O) groups excluding carboxylic acids is 4. The predicted octanol–water partition coefficient (Wildman–Crippen LogP) is 6.93. The number of hydrogen-bond donors (Lipinski definition) is 0. The van der Waals surface area contributed by atoms with Crippen LogP contribution >= 0.6 is 0 Å². The maximum absolute atomic E-state index is 10.8. The van der Waals surface area contributed by atoms with E-state index in [1.807, 2.05) is 20.8 Å². The van der Waals surface area contributed by atoms with Crippen molar-refractivity contribution in [3.05, 3.63) is 0 Å². The first kappa shape index (κ1) is 57.6. The second kappa shape index (κ2) is 33.1. The summed E-state index contributed by atoms with van der Waals surface area (Å²) in [6.07, 6.45) is 18.7. The zero-order chi connectivity index (χ0) is 38.5. The monoisotopic (exact) mass is 824 g/mol. The molecular weight excluding hydrogens is 749 g/mol. The number of aliphatic carboxylic acids is 4. The van der Waals surface area contributed by atoms with E-state index in [0.29, 0.717) is 6.42 Å². The van der Waals surface area contributed by atoms with E-state index in [1.54, 1.807) is 34.6 Å². The molecule has 0 saturated heterocycles. The van der Waals surface area contributed by atoms with Crippen LogP contribution in [0.4, 0.5) is 0 Å². The first-order chi connectivity index (χ1) is 22.2. The van der Waals surface area contributed by atoms with Crippen LogP contribution in [0.15, 0.2) is 0 Å². The smallest absolute Gasteiger partial charge is 0.550 e. The molecule has 0 aromatic carbocycles. The van der Waals surface area contributed by atoms with Crippen molar-refractivity contribution in [3.8, 4) is 0 Å². The maximum atomic E-state index is 10.8. The van der Waals surface area contributed by atoms with E-state index in [2.05, 4.69) is 27.7 Å². The van der Waals surface area contributed by atoms with Gasteiger partial charge in [-0.15, -0.1) is 0 Å². The average Bonchev–Trinajstić information content (AvgIpc) is 3.02. The van der Waals surface area contributed by atoms with Crippen LogP contribution in [0.25, 0.3) is 0 Å². The van der Waals surface area contributed by atoms with Gasteiger partial charge < -0.3 is 39.6 Å². The van der Waals surface area contributed by atoms with Gasteiger partial charge in [0.1, 0.15) is 0 Å². The van der Waals surface area contributed by atoms with Crippen molar-refractivity contribution in [2.45, 2.75) is 212 Å². The summed E-state index contributed by atoms with van der Waals surface area (Å²) in [5, 5.41) is 42.9. The van der Waals surface area contributed by atoms with Crippen LogP contribution in [0.2, 0.25) is 0 Å². The van der Waals surface area contributed by atoms with Crippen molar-refractivity contribution in [1.29, 1.82) is 0 Å². The minimum Gasteiger partial charge on any atom is -0.550 e. The molecule has 0 bridgehead atoms. The number of unbranched alkanes of at least 4 members (excludes halogenated alkanes) is 7. The quantitative estimate of drug-likeness (QED) is 0.0948. The van der Waals surface area contributed by atoms with Crippen molar-refractivity contribution in [3.63, 3.8) is 0 Å². The Hall–Kier alpha value is -0.743. The molecule has 0 fully saturated rings. The molecule has 0 amide bonds. The Morgan fingerprint density at radius 2 is 0.673 bits per heavy atom. The summed E-state index contributed by atoms with van der Waals surface area (Å²) in [5.74, 6) is -3.62. The predicted molar refractivity (Wildman–Crippen MR) is 190 cm³/mol. The van der Waals surface area contributed by atoms with Crippen molar-refractivity contribution in [2.24, 2.45) is 21.7 Å². The van der Waals surface area contributed by atoms with Crippen molar-refractivity contribution < 1.29 is 81.4 Å². The minimum absolute atomic E-state index is 0. The summed E-state index contributed by atoms with van der Waals surface area (Å²) < 4.78 is 0. The first-order valence-corrected chi connectivity index (χ1v) is 19.1. The standard InChI is InChI=1S/4C10H20O2.Ce/c1-4-5-6-7-8-10(2,3)9(11)12;1-4-6-7-8-10(3,5-2)9(11)12;2*1-4-6-8-10(3,7-5-2)9(11)12;/h4*4-8H2,1-3H3,(H,11,12);/q;;;;+4/p-4. The van der Waals surface area contributed by atoms with Gasteiger partial charge in [0.05, 0.1) is 0 Å². The molecule has 0 spiro atoms. The molecule has 0 aliphatic rings. The Labute approximate surface area is 336 Å². The Balaban J connectivity index is -0.000000174. The summed E-state index contributed by atoms with van der Waals surface area (Å²) in [6.45, 7) is 23.1. The van der Waals surface area contributed by atoms with Crippen LogP contribution in [0.1, 0.15) is 212 Å². The molecule has 288 valence electrons. The van der Waals surface area contributed by atoms with Gasteiger partial charge in [-0.2, -0.15) is 0 Å². The first-order valence-electron chi connectivity index (χ1n) is 19.1. The number of carbonyl (C=O) groups is 4. The van der Waals surface area contributed by atoms with Crippen LogP contribution < -0.4 is 20.4 Å². The zero-order valence-corrected chi connectivity index (χ0v) is 37.0. The zero-order valence-electron chi connectivity index (χ0n) is 33.9. The third-order valence-electron chi connectivity index (χ3n) is 9.57. The summed E-state index contributed by atoms with van der Waals surface area (Å²) in [5.41, 5.74) is -2.43. The van der Waals surface area contributed by atoms with Gasteiger partial charge in [-0.25, -0.2) is 0 Å². The fraction of sp³-hybridized carbons (Fsp3) is 0.900.